The first-order chi connectivity index (χ1) is 13.4. The lowest BCUT2D eigenvalue weighted by Crippen LogP contribution is -2.52. The summed E-state index contributed by atoms with van der Waals surface area (Å²) < 4.78 is 11.6. The molecular formula is C22H22ClNO4. The maximum atomic E-state index is 13.0. The van der Waals surface area contributed by atoms with Gasteiger partial charge in [0.25, 0.3) is 5.91 Å². The average Bonchev–Trinajstić information content (AvgIpc) is 2.69. The largest absolute Gasteiger partial charge is 0.496 e. The normalized spacial score (nSPS) is 17.8. The highest BCUT2D eigenvalue weighted by Crippen LogP contribution is 2.40. The monoisotopic (exact) mass is 399 g/mol. The molecule has 1 amide bonds. The second kappa shape index (κ2) is 7.13. The van der Waals surface area contributed by atoms with Crippen molar-refractivity contribution < 1.29 is 19.1 Å². The number of carbonyl (C=O) groups excluding carboxylic acids is 2. The molecule has 0 aromatic heterocycles. The van der Waals surface area contributed by atoms with Gasteiger partial charge in [-0.1, -0.05) is 23.2 Å². The predicted octanol–water partition coefficient (Wildman–Crippen LogP) is 4.30. The summed E-state index contributed by atoms with van der Waals surface area (Å²) in [5, 5.41) is 0.491. The number of carbonyl (C=O) groups is 2. The first kappa shape index (κ1) is 18.8. The van der Waals surface area contributed by atoms with Crippen LogP contribution in [0.2, 0.25) is 5.02 Å². The van der Waals surface area contributed by atoms with E-state index in [0.29, 0.717) is 60.0 Å². The minimum atomic E-state index is -0.533. The summed E-state index contributed by atoms with van der Waals surface area (Å²) in [5.74, 6) is 1.15. The number of Topliss-reactive ketones (excluding diaryl/α,β-unsaturated/α-hetero) is 1. The minimum Gasteiger partial charge on any atom is -0.496 e. The van der Waals surface area contributed by atoms with Crippen LogP contribution in [0.1, 0.15) is 45.5 Å². The van der Waals surface area contributed by atoms with Crippen molar-refractivity contribution in [2.45, 2.75) is 31.8 Å². The summed E-state index contributed by atoms with van der Waals surface area (Å²) in [5.41, 5.74) is 1.62. The molecular weight excluding hydrogens is 378 g/mol. The molecule has 2 aliphatic rings. The molecule has 0 radical (unpaired) electrons. The van der Waals surface area contributed by atoms with Crippen LogP contribution >= 0.6 is 11.6 Å². The molecule has 2 aromatic rings. The molecule has 2 aliphatic heterocycles. The van der Waals surface area contributed by atoms with Crippen molar-refractivity contribution in [2.24, 2.45) is 0 Å². The second-order valence-corrected chi connectivity index (χ2v) is 7.96. The van der Waals surface area contributed by atoms with Crippen LogP contribution in [-0.4, -0.2) is 42.4 Å². The Balaban J connectivity index is 1.51. The fourth-order valence-electron chi connectivity index (χ4n) is 4.02. The van der Waals surface area contributed by atoms with Crippen LogP contribution in [0.4, 0.5) is 0 Å². The van der Waals surface area contributed by atoms with Crippen LogP contribution < -0.4 is 9.47 Å². The van der Waals surface area contributed by atoms with Gasteiger partial charge in [-0.25, -0.2) is 0 Å². The molecule has 2 aromatic carbocycles. The molecule has 6 heteroatoms. The third-order valence-electron chi connectivity index (χ3n) is 5.60. The Morgan fingerprint density at radius 3 is 2.64 bits per heavy atom. The SMILES string of the molecule is COc1ccc(Cl)cc1C(=O)N1CCC2(CC1)CC(=O)c1cc(C)ccc1O2. The highest BCUT2D eigenvalue weighted by Gasteiger charge is 2.43. The number of halogens is 1. The number of likely N-dealkylation sites (tertiary alicyclic amines) is 1. The zero-order valence-electron chi connectivity index (χ0n) is 16.0. The van der Waals surface area contributed by atoms with E-state index in [9.17, 15) is 9.59 Å². The minimum absolute atomic E-state index is 0.112. The third-order valence-corrected chi connectivity index (χ3v) is 5.83. The van der Waals surface area contributed by atoms with Crippen molar-refractivity contribution in [1.29, 1.82) is 0 Å². The third kappa shape index (κ3) is 3.35. The molecule has 146 valence electrons. The van der Waals surface area contributed by atoms with Crippen molar-refractivity contribution in [2.75, 3.05) is 20.2 Å². The van der Waals surface area contributed by atoms with Gasteiger partial charge >= 0.3 is 0 Å². The van der Waals surface area contributed by atoms with Gasteiger partial charge in [0.05, 0.1) is 24.7 Å². The summed E-state index contributed by atoms with van der Waals surface area (Å²) in [6.07, 6.45) is 1.58. The lowest BCUT2D eigenvalue weighted by molar-refractivity contribution is -0.00577. The fraction of sp³-hybridized carbons (Fsp3) is 0.364. The fourth-order valence-corrected chi connectivity index (χ4v) is 4.19. The smallest absolute Gasteiger partial charge is 0.257 e. The van der Waals surface area contributed by atoms with Crippen LogP contribution in [0.15, 0.2) is 36.4 Å². The van der Waals surface area contributed by atoms with E-state index in [1.165, 1.54) is 7.11 Å². The Hall–Kier alpha value is -2.53. The van der Waals surface area contributed by atoms with Gasteiger partial charge in [-0.05, 0) is 37.3 Å². The van der Waals surface area contributed by atoms with Crippen LogP contribution in [0.5, 0.6) is 11.5 Å². The number of methoxy groups -OCH3 is 1. The highest BCUT2D eigenvalue weighted by molar-refractivity contribution is 6.31. The first-order valence-corrected chi connectivity index (χ1v) is 9.74. The Labute approximate surface area is 169 Å². The number of fused-ring (bicyclic) bond motifs is 1. The zero-order chi connectivity index (χ0) is 19.9. The first-order valence-electron chi connectivity index (χ1n) is 9.36. The molecule has 5 nitrogen and oxygen atoms in total. The Kier molecular flexibility index (Phi) is 4.79. The predicted molar refractivity (Wildman–Crippen MR) is 107 cm³/mol. The number of hydrogen-bond acceptors (Lipinski definition) is 4. The van der Waals surface area contributed by atoms with E-state index >= 15 is 0 Å². The van der Waals surface area contributed by atoms with Crippen molar-refractivity contribution in [3.05, 3.63) is 58.1 Å². The Morgan fingerprint density at radius 1 is 1.18 bits per heavy atom. The number of benzene rings is 2. The van der Waals surface area contributed by atoms with E-state index in [1.54, 1.807) is 23.1 Å². The molecule has 4 rings (SSSR count). The molecule has 1 saturated heterocycles. The summed E-state index contributed by atoms with van der Waals surface area (Å²) in [4.78, 5) is 27.4. The number of aryl methyl sites for hydroxylation is 1. The van der Waals surface area contributed by atoms with Gasteiger partial charge in [-0.15, -0.1) is 0 Å². The zero-order valence-corrected chi connectivity index (χ0v) is 16.7. The van der Waals surface area contributed by atoms with E-state index < -0.39 is 5.60 Å². The average molecular weight is 400 g/mol. The molecule has 0 aliphatic carbocycles. The van der Waals surface area contributed by atoms with E-state index in [4.69, 9.17) is 21.1 Å². The summed E-state index contributed by atoms with van der Waals surface area (Å²) in [7, 11) is 1.53. The molecule has 0 bridgehead atoms. The van der Waals surface area contributed by atoms with Crippen LogP contribution in [0.3, 0.4) is 0 Å². The van der Waals surface area contributed by atoms with Crippen molar-refractivity contribution in [3.63, 3.8) is 0 Å². The van der Waals surface area contributed by atoms with Gasteiger partial charge in [0, 0.05) is 31.0 Å². The molecule has 1 fully saturated rings. The van der Waals surface area contributed by atoms with Gasteiger partial charge in [0.1, 0.15) is 17.1 Å². The number of ether oxygens (including phenoxy) is 2. The standard InChI is InChI=1S/C22H22ClNO4/c1-14-3-5-20-16(11-14)18(25)13-22(28-20)7-9-24(10-8-22)21(26)17-12-15(23)4-6-19(17)27-2/h3-6,11-12H,7-10,13H2,1-2H3. The molecule has 1 spiro atoms. The van der Waals surface area contributed by atoms with Gasteiger partial charge < -0.3 is 14.4 Å². The van der Waals surface area contributed by atoms with Gasteiger partial charge in [-0.2, -0.15) is 0 Å². The van der Waals surface area contributed by atoms with Gasteiger partial charge in [-0.3, -0.25) is 9.59 Å². The van der Waals surface area contributed by atoms with Crippen LogP contribution in [0, 0.1) is 6.92 Å². The quantitative estimate of drug-likeness (QED) is 0.755. The van der Waals surface area contributed by atoms with Crippen molar-refractivity contribution in [3.8, 4) is 11.5 Å². The summed E-state index contributed by atoms with van der Waals surface area (Å²) in [6.45, 7) is 3.00. The van der Waals surface area contributed by atoms with Gasteiger partial charge in [0.2, 0.25) is 0 Å². The lowest BCUT2D eigenvalue weighted by atomic mass is 9.82. The van der Waals surface area contributed by atoms with Crippen LogP contribution in [-0.2, 0) is 0 Å². The molecule has 0 atom stereocenters. The van der Waals surface area contributed by atoms with E-state index in [2.05, 4.69) is 0 Å². The summed E-state index contributed by atoms with van der Waals surface area (Å²) >= 11 is 6.06. The van der Waals surface area contributed by atoms with Crippen LogP contribution in [0.25, 0.3) is 0 Å². The van der Waals surface area contributed by atoms with E-state index in [-0.39, 0.29) is 11.7 Å². The maximum absolute atomic E-state index is 13.0. The van der Waals surface area contributed by atoms with Gasteiger partial charge in [0.15, 0.2) is 5.78 Å². The number of hydrogen-bond donors (Lipinski definition) is 0. The lowest BCUT2D eigenvalue weighted by Gasteiger charge is -2.44. The Bertz CT molecular complexity index is 948. The highest BCUT2D eigenvalue weighted by atomic mass is 35.5. The molecule has 2 heterocycles. The van der Waals surface area contributed by atoms with Crippen molar-refractivity contribution in [1.82, 2.24) is 4.90 Å². The van der Waals surface area contributed by atoms with E-state index in [1.807, 2.05) is 25.1 Å². The number of piperidine rings is 1. The second-order valence-electron chi connectivity index (χ2n) is 7.52. The number of rotatable bonds is 2. The Morgan fingerprint density at radius 2 is 1.93 bits per heavy atom. The number of ketones is 1. The molecule has 28 heavy (non-hydrogen) atoms. The number of nitrogens with zero attached hydrogens (tertiary/aromatic N) is 1. The molecule has 0 saturated carbocycles. The maximum Gasteiger partial charge on any atom is 0.257 e. The van der Waals surface area contributed by atoms with E-state index in [0.717, 1.165) is 5.56 Å². The van der Waals surface area contributed by atoms with Crippen molar-refractivity contribution >= 4 is 23.3 Å². The number of amides is 1. The topological polar surface area (TPSA) is 55.8 Å². The molecule has 0 N–H and O–H groups in total. The molecule has 0 unspecified atom stereocenters. The summed E-state index contributed by atoms with van der Waals surface area (Å²) in [6, 6.07) is 10.7.